The number of nitrogens with one attached hydrogen (secondary N) is 1. The lowest BCUT2D eigenvalue weighted by Crippen LogP contribution is -2.35. The van der Waals surface area contributed by atoms with Crippen molar-refractivity contribution in [2.45, 2.75) is 31.9 Å². The van der Waals surface area contributed by atoms with Crippen LogP contribution in [0.1, 0.15) is 31.4 Å². The second kappa shape index (κ2) is 6.78. The van der Waals surface area contributed by atoms with Gasteiger partial charge in [0.15, 0.2) is 0 Å². The molecule has 1 heterocycles. The lowest BCUT2D eigenvalue weighted by atomic mass is 9.97. The summed E-state index contributed by atoms with van der Waals surface area (Å²) in [6.07, 6.45) is 2.18. The third-order valence-electron chi connectivity index (χ3n) is 3.52. The molecule has 4 nitrogen and oxygen atoms in total. The quantitative estimate of drug-likeness (QED) is 0.888. The largest absolute Gasteiger partial charge is 0.497 e. The van der Waals surface area contributed by atoms with Crippen LogP contribution in [0, 0.1) is 0 Å². The van der Waals surface area contributed by atoms with Gasteiger partial charge in [0.2, 0.25) is 0 Å². The fourth-order valence-electron chi connectivity index (χ4n) is 2.52. The predicted molar refractivity (Wildman–Crippen MR) is 74.9 cm³/mol. The molecule has 1 saturated heterocycles. The van der Waals surface area contributed by atoms with Crippen molar-refractivity contribution in [3.63, 3.8) is 0 Å². The first-order valence-corrected chi connectivity index (χ1v) is 6.84. The van der Waals surface area contributed by atoms with Crippen LogP contribution in [-0.2, 0) is 4.74 Å². The maximum atomic E-state index is 5.89. The average molecular weight is 265 g/mol. The van der Waals surface area contributed by atoms with E-state index in [1.807, 2.05) is 18.2 Å². The van der Waals surface area contributed by atoms with E-state index in [0.29, 0.717) is 6.04 Å². The minimum Gasteiger partial charge on any atom is -0.497 e. The predicted octanol–water partition coefficient (Wildman–Crippen LogP) is 2.53. The molecule has 2 rings (SSSR count). The Morgan fingerprint density at radius 2 is 1.89 bits per heavy atom. The minimum absolute atomic E-state index is 0.113. The van der Waals surface area contributed by atoms with Gasteiger partial charge in [0.05, 0.1) is 20.3 Å². The summed E-state index contributed by atoms with van der Waals surface area (Å²) in [4.78, 5) is 0. The number of benzene rings is 1. The Morgan fingerprint density at radius 1 is 1.21 bits per heavy atom. The van der Waals surface area contributed by atoms with Gasteiger partial charge in [0.25, 0.3) is 0 Å². The Balaban J connectivity index is 2.15. The van der Waals surface area contributed by atoms with E-state index in [1.54, 1.807) is 14.2 Å². The molecule has 0 aliphatic carbocycles. The van der Waals surface area contributed by atoms with E-state index in [1.165, 1.54) is 0 Å². The molecule has 0 saturated carbocycles. The minimum atomic E-state index is 0.113. The molecule has 0 radical (unpaired) electrons. The molecule has 1 aromatic rings. The van der Waals surface area contributed by atoms with E-state index in [4.69, 9.17) is 14.2 Å². The van der Waals surface area contributed by atoms with Gasteiger partial charge in [-0.25, -0.2) is 0 Å². The van der Waals surface area contributed by atoms with Gasteiger partial charge in [0.1, 0.15) is 11.5 Å². The highest BCUT2D eigenvalue weighted by Gasteiger charge is 2.24. The van der Waals surface area contributed by atoms with Crippen LogP contribution in [0.3, 0.4) is 0 Å². The molecule has 106 valence electrons. The lowest BCUT2D eigenvalue weighted by molar-refractivity contribution is 0.000390. The number of hydrogen-bond acceptors (Lipinski definition) is 4. The molecule has 19 heavy (non-hydrogen) atoms. The van der Waals surface area contributed by atoms with Crippen molar-refractivity contribution >= 4 is 0 Å². The van der Waals surface area contributed by atoms with Crippen LogP contribution in [0.5, 0.6) is 11.5 Å². The van der Waals surface area contributed by atoms with Gasteiger partial charge in [-0.1, -0.05) is 6.92 Å². The van der Waals surface area contributed by atoms with E-state index in [9.17, 15) is 0 Å². The van der Waals surface area contributed by atoms with Crippen LogP contribution in [0.4, 0.5) is 0 Å². The monoisotopic (exact) mass is 265 g/mol. The van der Waals surface area contributed by atoms with Crippen molar-refractivity contribution in [3.8, 4) is 11.5 Å². The van der Waals surface area contributed by atoms with Gasteiger partial charge in [-0.05, 0) is 37.1 Å². The maximum Gasteiger partial charge on any atom is 0.122 e. The Bertz CT molecular complexity index is 384. The Morgan fingerprint density at radius 3 is 2.47 bits per heavy atom. The number of ether oxygens (including phenoxy) is 3. The van der Waals surface area contributed by atoms with E-state index in [-0.39, 0.29) is 6.10 Å². The third-order valence-corrected chi connectivity index (χ3v) is 3.52. The first-order chi connectivity index (χ1) is 9.26. The zero-order chi connectivity index (χ0) is 13.7. The van der Waals surface area contributed by atoms with Crippen molar-refractivity contribution in [1.82, 2.24) is 5.32 Å². The maximum absolute atomic E-state index is 5.89. The molecule has 1 aliphatic heterocycles. The standard InChI is InChI=1S/C15H23NO3/c1-4-16-12-5-6-19-15(9-12)11-7-13(17-2)10-14(8-11)18-3/h7-8,10,12,15-16H,4-6,9H2,1-3H3. The summed E-state index contributed by atoms with van der Waals surface area (Å²) < 4.78 is 16.5. The van der Waals surface area contributed by atoms with Crippen LogP contribution in [0.2, 0.25) is 0 Å². The highest BCUT2D eigenvalue weighted by atomic mass is 16.5. The van der Waals surface area contributed by atoms with E-state index in [0.717, 1.165) is 43.1 Å². The van der Waals surface area contributed by atoms with E-state index < -0.39 is 0 Å². The van der Waals surface area contributed by atoms with Crippen molar-refractivity contribution < 1.29 is 14.2 Å². The Hall–Kier alpha value is -1.26. The first-order valence-electron chi connectivity index (χ1n) is 6.84. The van der Waals surface area contributed by atoms with Gasteiger partial charge in [-0.15, -0.1) is 0 Å². The summed E-state index contributed by atoms with van der Waals surface area (Å²) in [5.74, 6) is 1.62. The fraction of sp³-hybridized carbons (Fsp3) is 0.600. The highest BCUT2D eigenvalue weighted by molar-refractivity contribution is 5.39. The van der Waals surface area contributed by atoms with Crippen molar-refractivity contribution in [2.24, 2.45) is 0 Å². The van der Waals surface area contributed by atoms with Gasteiger partial charge in [-0.3, -0.25) is 0 Å². The molecule has 2 unspecified atom stereocenters. The normalized spacial score (nSPS) is 23.1. The Kier molecular flexibility index (Phi) is 5.05. The molecule has 1 fully saturated rings. The molecule has 0 amide bonds. The van der Waals surface area contributed by atoms with Crippen LogP contribution in [-0.4, -0.2) is 33.4 Å². The molecule has 0 bridgehead atoms. The molecular weight excluding hydrogens is 242 g/mol. The van der Waals surface area contributed by atoms with Crippen LogP contribution >= 0.6 is 0 Å². The summed E-state index contributed by atoms with van der Waals surface area (Å²) in [7, 11) is 3.34. The van der Waals surface area contributed by atoms with Gasteiger partial charge in [0, 0.05) is 18.7 Å². The number of rotatable bonds is 5. The van der Waals surface area contributed by atoms with Crippen molar-refractivity contribution in [2.75, 3.05) is 27.4 Å². The van der Waals surface area contributed by atoms with Crippen LogP contribution in [0.15, 0.2) is 18.2 Å². The van der Waals surface area contributed by atoms with Crippen molar-refractivity contribution in [3.05, 3.63) is 23.8 Å². The molecule has 2 atom stereocenters. The van der Waals surface area contributed by atoms with Gasteiger partial charge >= 0.3 is 0 Å². The first kappa shape index (κ1) is 14.2. The molecule has 1 aromatic carbocycles. The summed E-state index contributed by atoms with van der Waals surface area (Å²) in [6, 6.07) is 6.47. The summed E-state index contributed by atoms with van der Waals surface area (Å²) in [5, 5.41) is 3.50. The summed E-state index contributed by atoms with van der Waals surface area (Å²) >= 11 is 0. The molecule has 0 aromatic heterocycles. The third kappa shape index (κ3) is 3.61. The lowest BCUT2D eigenvalue weighted by Gasteiger charge is -2.30. The van der Waals surface area contributed by atoms with Gasteiger partial charge < -0.3 is 19.5 Å². The number of methoxy groups -OCH3 is 2. The summed E-state index contributed by atoms with van der Waals surface area (Å²) in [6.45, 7) is 3.93. The van der Waals surface area contributed by atoms with Gasteiger partial charge in [-0.2, -0.15) is 0 Å². The SMILES string of the molecule is CCNC1CCOC(c2cc(OC)cc(OC)c2)C1. The van der Waals surface area contributed by atoms with E-state index in [2.05, 4.69) is 12.2 Å². The number of hydrogen-bond donors (Lipinski definition) is 1. The fourth-order valence-corrected chi connectivity index (χ4v) is 2.52. The molecular formula is C15H23NO3. The van der Waals surface area contributed by atoms with Crippen LogP contribution < -0.4 is 14.8 Å². The van der Waals surface area contributed by atoms with Crippen LogP contribution in [0.25, 0.3) is 0 Å². The highest BCUT2D eigenvalue weighted by Crippen LogP contribution is 2.33. The zero-order valence-corrected chi connectivity index (χ0v) is 11.9. The smallest absolute Gasteiger partial charge is 0.122 e. The zero-order valence-electron chi connectivity index (χ0n) is 11.9. The van der Waals surface area contributed by atoms with E-state index >= 15 is 0 Å². The molecule has 0 spiro atoms. The topological polar surface area (TPSA) is 39.7 Å². The summed E-state index contributed by atoms with van der Waals surface area (Å²) in [5.41, 5.74) is 1.12. The molecule has 4 heteroatoms. The second-order valence-electron chi connectivity index (χ2n) is 4.78. The Labute approximate surface area is 115 Å². The molecule has 1 aliphatic rings. The average Bonchev–Trinajstić information content (AvgIpc) is 2.47. The second-order valence-corrected chi connectivity index (χ2v) is 4.78. The van der Waals surface area contributed by atoms with Crippen molar-refractivity contribution in [1.29, 1.82) is 0 Å². The molecule has 1 N–H and O–H groups in total.